The first kappa shape index (κ1) is 11.8. The van der Waals surface area contributed by atoms with Gasteiger partial charge in [0.15, 0.2) is 0 Å². The van der Waals surface area contributed by atoms with Crippen LogP contribution in [0.3, 0.4) is 0 Å². The van der Waals surface area contributed by atoms with Gasteiger partial charge < -0.3 is 4.74 Å². The second kappa shape index (κ2) is 7.07. The van der Waals surface area contributed by atoms with Gasteiger partial charge >= 0.3 is 0 Å². The van der Waals surface area contributed by atoms with Gasteiger partial charge in [0.2, 0.25) is 0 Å². The minimum Gasteiger partial charge on any atom is -0.501 e. The van der Waals surface area contributed by atoms with E-state index in [1.165, 1.54) is 32.4 Å². The second-order valence-electron chi connectivity index (χ2n) is 4.35. The molecule has 0 saturated carbocycles. The molecule has 0 unspecified atom stereocenters. The van der Waals surface area contributed by atoms with Gasteiger partial charge in [-0.2, -0.15) is 0 Å². The molecule has 1 fully saturated rings. The van der Waals surface area contributed by atoms with Gasteiger partial charge in [-0.1, -0.05) is 25.2 Å². The molecule has 14 heavy (non-hydrogen) atoms. The van der Waals surface area contributed by atoms with Gasteiger partial charge in [-0.25, -0.2) is 0 Å². The molecular weight excluding hydrogens is 190 g/mol. The highest BCUT2D eigenvalue weighted by Gasteiger charge is 2.08. The molecule has 0 atom stereocenters. The normalized spacial score (nSPS) is 19.4. The number of rotatable bonds is 5. The monoisotopic (exact) mass is 213 g/mol. The lowest BCUT2D eigenvalue weighted by Crippen LogP contribution is -2.32. The minimum absolute atomic E-state index is 0.566. The van der Waals surface area contributed by atoms with Crippen molar-refractivity contribution >= 4 is 8.80 Å². The summed E-state index contributed by atoms with van der Waals surface area (Å²) in [6, 6.07) is 0. The fourth-order valence-corrected chi connectivity index (χ4v) is 2.07. The molecule has 0 aliphatic carbocycles. The standard InChI is InChI=1S/C11H23NOSi/c1-14(2)11-10-13-9-8-12-6-4-3-5-7-12/h10-11,14H,3-9H2,1-2H3. The first-order chi connectivity index (χ1) is 6.79. The van der Waals surface area contributed by atoms with Crippen LogP contribution in [0.1, 0.15) is 19.3 Å². The Morgan fingerprint density at radius 2 is 1.93 bits per heavy atom. The van der Waals surface area contributed by atoms with Gasteiger partial charge in [-0.3, -0.25) is 4.90 Å². The molecule has 0 bridgehead atoms. The molecular formula is C11H23NOSi. The number of hydrogen-bond donors (Lipinski definition) is 0. The van der Waals surface area contributed by atoms with E-state index in [2.05, 4.69) is 23.7 Å². The van der Waals surface area contributed by atoms with E-state index in [0.717, 1.165) is 13.2 Å². The molecule has 2 nitrogen and oxygen atoms in total. The Bertz CT molecular complexity index is 165. The van der Waals surface area contributed by atoms with Crippen LogP contribution < -0.4 is 0 Å². The third kappa shape index (κ3) is 5.45. The SMILES string of the molecule is C[SiH](C)C=COCCN1CCCCC1. The number of hydrogen-bond acceptors (Lipinski definition) is 2. The molecule has 3 heteroatoms. The molecule has 1 rings (SSSR count). The van der Waals surface area contributed by atoms with Crippen LogP contribution >= 0.6 is 0 Å². The summed E-state index contributed by atoms with van der Waals surface area (Å²) in [6.07, 6.45) is 6.06. The van der Waals surface area contributed by atoms with Crippen molar-refractivity contribution in [3.63, 3.8) is 0 Å². The van der Waals surface area contributed by atoms with Crippen LogP contribution in [0.25, 0.3) is 0 Å². The van der Waals surface area contributed by atoms with Crippen LogP contribution in [-0.2, 0) is 4.74 Å². The van der Waals surface area contributed by atoms with Crippen molar-refractivity contribution < 1.29 is 4.74 Å². The van der Waals surface area contributed by atoms with Crippen LogP contribution in [0, 0.1) is 0 Å². The Labute approximate surface area is 89.5 Å². The molecule has 0 aromatic heterocycles. The van der Waals surface area contributed by atoms with Crippen LogP contribution in [0.4, 0.5) is 0 Å². The average Bonchev–Trinajstić information content (AvgIpc) is 2.18. The lowest BCUT2D eigenvalue weighted by atomic mass is 10.1. The van der Waals surface area contributed by atoms with E-state index in [-0.39, 0.29) is 0 Å². The first-order valence-corrected chi connectivity index (χ1v) is 8.77. The highest BCUT2D eigenvalue weighted by Crippen LogP contribution is 2.07. The molecule has 0 N–H and O–H groups in total. The van der Waals surface area contributed by atoms with Crippen molar-refractivity contribution in [2.75, 3.05) is 26.2 Å². The van der Waals surface area contributed by atoms with E-state index in [1.807, 2.05) is 6.26 Å². The molecule has 0 radical (unpaired) electrons. The second-order valence-corrected chi connectivity index (χ2v) is 7.22. The summed E-state index contributed by atoms with van der Waals surface area (Å²) >= 11 is 0. The topological polar surface area (TPSA) is 12.5 Å². The summed E-state index contributed by atoms with van der Waals surface area (Å²) in [7, 11) is -0.566. The van der Waals surface area contributed by atoms with Crippen molar-refractivity contribution in [1.29, 1.82) is 0 Å². The Hall–Kier alpha value is -0.283. The Morgan fingerprint density at radius 3 is 2.57 bits per heavy atom. The van der Waals surface area contributed by atoms with Gasteiger partial charge in [-0.15, -0.1) is 0 Å². The van der Waals surface area contributed by atoms with Gasteiger partial charge in [-0.05, 0) is 25.9 Å². The Balaban J connectivity index is 1.97. The molecule has 0 aromatic carbocycles. The van der Waals surface area contributed by atoms with Gasteiger partial charge in [0.1, 0.15) is 0 Å². The Kier molecular flexibility index (Phi) is 5.95. The van der Waals surface area contributed by atoms with Crippen molar-refractivity contribution in [3.8, 4) is 0 Å². The zero-order chi connectivity index (χ0) is 10.2. The predicted octanol–water partition coefficient (Wildman–Crippen LogP) is 2.03. The zero-order valence-corrected chi connectivity index (χ0v) is 10.7. The maximum absolute atomic E-state index is 5.46. The number of nitrogens with zero attached hydrogens (tertiary/aromatic N) is 1. The fourth-order valence-electron chi connectivity index (χ4n) is 1.65. The summed E-state index contributed by atoms with van der Waals surface area (Å²) in [5.41, 5.74) is 2.23. The molecule has 0 aromatic rings. The van der Waals surface area contributed by atoms with Crippen molar-refractivity contribution in [1.82, 2.24) is 4.90 Å². The van der Waals surface area contributed by atoms with Crippen molar-refractivity contribution in [2.24, 2.45) is 0 Å². The van der Waals surface area contributed by atoms with Crippen LogP contribution in [-0.4, -0.2) is 39.9 Å². The number of ether oxygens (including phenoxy) is 1. The molecule has 1 aliphatic heterocycles. The molecule has 1 aliphatic rings. The maximum Gasteiger partial charge on any atom is 0.0999 e. The predicted molar refractivity (Wildman–Crippen MR) is 64.3 cm³/mol. The highest BCUT2D eigenvalue weighted by molar-refractivity contribution is 6.61. The van der Waals surface area contributed by atoms with E-state index in [4.69, 9.17) is 4.74 Å². The first-order valence-electron chi connectivity index (χ1n) is 5.79. The molecule has 0 spiro atoms. The van der Waals surface area contributed by atoms with Crippen molar-refractivity contribution in [2.45, 2.75) is 32.4 Å². The molecule has 1 saturated heterocycles. The van der Waals surface area contributed by atoms with E-state index >= 15 is 0 Å². The van der Waals surface area contributed by atoms with Gasteiger partial charge in [0.25, 0.3) is 0 Å². The zero-order valence-electron chi connectivity index (χ0n) is 9.54. The molecule has 1 heterocycles. The number of likely N-dealkylation sites (tertiary alicyclic amines) is 1. The lowest BCUT2D eigenvalue weighted by molar-refractivity contribution is 0.159. The van der Waals surface area contributed by atoms with Gasteiger partial charge in [0.05, 0.1) is 21.7 Å². The highest BCUT2D eigenvalue weighted by atomic mass is 28.3. The van der Waals surface area contributed by atoms with Crippen molar-refractivity contribution in [3.05, 3.63) is 12.0 Å². The third-order valence-corrected chi connectivity index (χ3v) is 3.46. The number of piperidine rings is 1. The Morgan fingerprint density at radius 1 is 1.21 bits per heavy atom. The summed E-state index contributed by atoms with van der Waals surface area (Å²) in [6.45, 7) is 9.09. The van der Waals surface area contributed by atoms with E-state index < -0.39 is 8.80 Å². The summed E-state index contributed by atoms with van der Waals surface area (Å²) in [5, 5.41) is 0. The smallest absolute Gasteiger partial charge is 0.0999 e. The average molecular weight is 213 g/mol. The molecule has 0 amide bonds. The van der Waals surface area contributed by atoms with E-state index in [1.54, 1.807) is 0 Å². The summed E-state index contributed by atoms with van der Waals surface area (Å²) in [4.78, 5) is 2.50. The maximum atomic E-state index is 5.46. The lowest BCUT2D eigenvalue weighted by Gasteiger charge is -2.25. The van der Waals surface area contributed by atoms with Crippen LogP contribution in [0.15, 0.2) is 12.0 Å². The quantitative estimate of drug-likeness (QED) is 0.394. The third-order valence-electron chi connectivity index (χ3n) is 2.53. The minimum atomic E-state index is -0.566. The van der Waals surface area contributed by atoms with E-state index in [9.17, 15) is 0 Å². The summed E-state index contributed by atoms with van der Waals surface area (Å²) in [5.74, 6) is 0. The van der Waals surface area contributed by atoms with E-state index in [0.29, 0.717) is 0 Å². The summed E-state index contributed by atoms with van der Waals surface area (Å²) < 4.78 is 5.46. The van der Waals surface area contributed by atoms with Gasteiger partial charge in [0, 0.05) is 6.54 Å². The van der Waals surface area contributed by atoms with Crippen LogP contribution in [0.5, 0.6) is 0 Å². The molecule has 82 valence electrons. The fraction of sp³-hybridized carbons (Fsp3) is 0.818. The largest absolute Gasteiger partial charge is 0.501 e. The van der Waals surface area contributed by atoms with Crippen LogP contribution in [0.2, 0.25) is 13.1 Å².